The lowest BCUT2D eigenvalue weighted by Crippen LogP contribution is -2.23. The molecule has 1 amide bonds. The number of phenolic OH excluding ortho intramolecular Hbond substituents is 1. The molecule has 0 aliphatic carbocycles. The van der Waals surface area contributed by atoms with E-state index in [0.29, 0.717) is 16.8 Å². The van der Waals surface area contributed by atoms with Gasteiger partial charge in [-0.15, -0.1) is 0 Å². The largest absolute Gasteiger partial charge is 0.508 e. The van der Waals surface area contributed by atoms with Crippen LogP contribution in [0.1, 0.15) is 32.6 Å². The summed E-state index contributed by atoms with van der Waals surface area (Å²) in [6.45, 7) is 5.64. The molecule has 7 heteroatoms. The van der Waals surface area contributed by atoms with Crippen molar-refractivity contribution >= 4 is 21.6 Å². The number of sulfonamides is 1. The molecule has 0 fully saturated rings. The Kier molecular flexibility index (Phi) is 6.12. The summed E-state index contributed by atoms with van der Waals surface area (Å²) in [4.78, 5) is 12.6. The Morgan fingerprint density at radius 2 is 1.60 bits per heavy atom. The van der Waals surface area contributed by atoms with Crippen LogP contribution in [0.25, 0.3) is 0 Å². The van der Waals surface area contributed by atoms with Crippen LogP contribution in [0.4, 0.5) is 5.69 Å². The van der Waals surface area contributed by atoms with Crippen molar-refractivity contribution in [2.75, 3.05) is 4.72 Å². The molecule has 0 radical (unpaired) electrons. The van der Waals surface area contributed by atoms with Gasteiger partial charge in [-0.2, -0.15) is 0 Å². The van der Waals surface area contributed by atoms with E-state index >= 15 is 0 Å². The van der Waals surface area contributed by atoms with Crippen LogP contribution in [0.5, 0.6) is 5.75 Å². The van der Waals surface area contributed by atoms with Gasteiger partial charge < -0.3 is 10.4 Å². The van der Waals surface area contributed by atoms with Crippen LogP contribution in [0.2, 0.25) is 0 Å². The Bertz CT molecular complexity index is 1190. The highest BCUT2D eigenvalue weighted by Crippen LogP contribution is 2.22. The van der Waals surface area contributed by atoms with E-state index in [1.807, 2.05) is 19.1 Å². The molecule has 0 aliphatic heterocycles. The average molecular weight is 425 g/mol. The number of hydrogen-bond acceptors (Lipinski definition) is 4. The Morgan fingerprint density at radius 3 is 2.27 bits per heavy atom. The molecule has 0 aliphatic rings. The second-order valence-electron chi connectivity index (χ2n) is 7.26. The normalized spacial score (nSPS) is 11.2. The molecule has 0 aromatic heterocycles. The lowest BCUT2D eigenvalue weighted by atomic mass is 10.1. The van der Waals surface area contributed by atoms with Gasteiger partial charge in [0.1, 0.15) is 5.75 Å². The fraction of sp³-hybridized carbons (Fsp3) is 0.174. The van der Waals surface area contributed by atoms with Gasteiger partial charge in [-0.05, 0) is 67.8 Å². The number of anilines is 1. The number of hydrogen-bond donors (Lipinski definition) is 3. The van der Waals surface area contributed by atoms with Crippen molar-refractivity contribution in [1.82, 2.24) is 5.32 Å². The highest BCUT2D eigenvalue weighted by Gasteiger charge is 2.19. The fourth-order valence-corrected chi connectivity index (χ4v) is 4.30. The van der Waals surface area contributed by atoms with E-state index in [9.17, 15) is 18.3 Å². The van der Waals surface area contributed by atoms with Gasteiger partial charge in [0.05, 0.1) is 4.90 Å². The Hall–Kier alpha value is -3.32. The van der Waals surface area contributed by atoms with E-state index in [1.165, 1.54) is 6.07 Å². The van der Waals surface area contributed by atoms with Crippen LogP contribution in [0.3, 0.4) is 0 Å². The summed E-state index contributed by atoms with van der Waals surface area (Å²) in [5, 5.41) is 12.4. The molecule has 0 atom stereocenters. The summed E-state index contributed by atoms with van der Waals surface area (Å²) in [5.41, 5.74) is 3.82. The van der Waals surface area contributed by atoms with E-state index in [1.54, 1.807) is 56.3 Å². The van der Waals surface area contributed by atoms with Gasteiger partial charge in [0, 0.05) is 17.8 Å². The molecule has 3 rings (SSSR count). The molecule has 156 valence electrons. The van der Waals surface area contributed by atoms with Crippen LogP contribution >= 0.6 is 0 Å². The van der Waals surface area contributed by atoms with Gasteiger partial charge in [-0.25, -0.2) is 8.42 Å². The molecule has 0 saturated heterocycles. The van der Waals surface area contributed by atoms with Crippen molar-refractivity contribution in [2.24, 2.45) is 0 Å². The first-order valence-corrected chi connectivity index (χ1v) is 10.9. The summed E-state index contributed by atoms with van der Waals surface area (Å²) in [6.07, 6.45) is 0. The van der Waals surface area contributed by atoms with E-state index < -0.39 is 10.0 Å². The average Bonchev–Trinajstić information content (AvgIpc) is 2.70. The zero-order valence-electron chi connectivity index (χ0n) is 17.1. The van der Waals surface area contributed by atoms with Gasteiger partial charge in [-0.1, -0.05) is 35.9 Å². The number of phenols is 1. The molecule has 0 spiro atoms. The van der Waals surface area contributed by atoms with Crippen molar-refractivity contribution in [3.8, 4) is 5.75 Å². The molecule has 0 saturated carbocycles. The molecular weight excluding hydrogens is 400 g/mol. The van der Waals surface area contributed by atoms with Crippen molar-refractivity contribution < 1.29 is 18.3 Å². The second kappa shape index (κ2) is 8.59. The number of carbonyl (C=O) groups is 1. The molecule has 0 unspecified atom stereocenters. The number of benzene rings is 3. The van der Waals surface area contributed by atoms with E-state index in [2.05, 4.69) is 10.0 Å². The quantitative estimate of drug-likeness (QED) is 0.556. The molecule has 6 nitrogen and oxygen atoms in total. The zero-order valence-corrected chi connectivity index (χ0v) is 17.9. The predicted octanol–water partition coefficient (Wildman–Crippen LogP) is 4.05. The van der Waals surface area contributed by atoms with Crippen LogP contribution in [-0.2, 0) is 16.6 Å². The number of nitrogens with one attached hydrogen (secondary N) is 2. The maximum absolute atomic E-state index is 12.9. The SMILES string of the molecule is Cc1ccc(NS(=O)(=O)c2cc(C(=O)NCc3ccc(O)c(C)c3)ccc2C)cc1. The number of rotatable bonds is 6. The zero-order chi connectivity index (χ0) is 21.9. The summed E-state index contributed by atoms with van der Waals surface area (Å²) in [6, 6.07) is 16.7. The minimum absolute atomic E-state index is 0.0520. The summed E-state index contributed by atoms with van der Waals surface area (Å²) < 4.78 is 28.3. The highest BCUT2D eigenvalue weighted by atomic mass is 32.2. The molecule has 3 aromatic carbocycles. The first-order valence-electron chi connectivity index (χ1n) is 9.42. The monoisotopic (exact) mass is 424 g/mol. The van der Waals surface area contributed by atoms with Gasteiger partial charge >= 0.3 is 0 Å². The molecule has 0 heterocycles. The fourth-order valence-electron chi connectivity index (χ4n) is 2.97. The standard InChI is InChI=1S/C23H24N2O4S/c1-15-4-9-20(10-5-15)25-30(28,29)22-13-19(8-6-16(22)2)23(27)24-14-18-7-11-21(26)17(3)12-18/h4-13,25-26H,14H2,1-3H3,(H,24,27). The summed E-state index contributed by atoms with van der Waals surface area (Å²) in [7, 11) is -3.85. The number of aromatic hydroxyl groups is 1. The van der Waals surface area contributed by atoms with Crippen LogP contribution in [-0.4, -0.2) is 19.4 Å². The summed E-state index contributed by atoms with van der Waals surface area (Å²) in [5.74, 6) is -0.188. The van der Waals surface area contributed by atoms with E-state index in [4.69, 9.17) is 0 Å². The molecule has 30 heavy (non-hydrogen) atoms. The summed E-state index contributed by atoms with van der Waals surface area (Å²) >= 11 is 0. The van der Waals surface area contributed by atoms with Crippen molar-refractivity contribution in [3.05, 3.63) is 88.5 Å². The maximum Gasteiger partial charge on any atom is 0.262 e. The molecule has 0 bridgehead atoms. The van der Waals surface area contributed by atoms with Gasteiger partial charge in [-0.3, -0.25) is 9.52 Å². The first kappa shape index (κ1) is 21.4. The Labute approximate surface area is 176 Å². The molecule has 3 N–H and O–H groups in total. The van der Waals surface area contributed by atoms with E-state index in [0.717, 1.165) is 11.1 Å². The van der Waals surface area contributed by atoms with Crippen LogP contribution < -0.4 is 10.0 Å². The van der Waals surface area contributed by atoms with Crippen molar-refractivity contribution in [3.63, 3.8) is 0 Å². The first-order chi connectivity index (χ1) is 14.2. The number of carbonyl (C=O) groups excluding carboxylic acids is 1. The van der Waals surface area contributed by atoms with Gasteiger partial charge in [0.25, 0.3) is 15.9 Å². The second-order valence-corrected chi connectivity index (χ2v) is 8.91. The number of amides is 1. The predicted molar refractivity (Wildman–Crippen MR) is 117 cm³/mol. The highest BCUT2D eigenvalue weighted by molar-refractivity contribution is 7.92. The molecular formula is C23H24N2O4S. The topological polar surface area (TPSA) is 95.5 Å². The Morgan fingerprint density at radius 1 is 0.900 bits per heavy atom. The smallest absolute Gasteiger partial charge is 0.262 e. The van der Waals surface area contributed by atoms with Crippen LogP contribution in [0, 0.1) is 20.8 Å². The Balaban J connectivity index is 1.78. The van der Waals surface area contributed by atoms with E-state index in [-0.39, 0.29) is 28.7 Å². The number of aryl methyl sites for hydroxylation is 3. The third kappa shape index (κ3) is 4.99. The maximum atomic E-state index is 12.9. The molecule has 3 aromatic rings. The van der Waals surface area contributed by atoms with Crippen molar-refractivity contribution in [1.29, 1.82) is 0 Å². The lowest BCUT2D eigenvalue weighted by molar-refractivity contribution is 0.0950. The van der Waals surface area contributed by atoms with Crippen LogP contribution in [0.15, 0.2) is 65.6 Å². The third-order valence-corrected chi connectivity index (χ3v) is 6.28. The lowest BCUT2D eigenvalue weighted by Gasteiger charge is -2.13. The van der Waals surface area contributed by atoms with Gasteiger partial charge in [0.2, 0.25) is 0 Å². The minimum atomic E-state index is -3.85. The van der Waals surface area contributed by atoms with Crippen molar-refractivity contribution in [2.45, 2.75) is 32.2 Å². The van der Waals surface area contributed by atoms with Gasteiger partial charge in [0.15, 0.2) is 0 Å². The third-order valence-electron chi connectivity index (χ3n) is 4.76. The minimum Gasteiger partial charge on any atom is -0.508 e.